The summed E-state index contributed by atoms with van der Waals surface area (Å²) >= 11 is 0. The van der Waals surface area contributed by atoms with Crippen LogP contribution in [0.2, 0.25) is 0 Å². The van der Waals surface area contributed by atoms with Crippen LogP contribution in [0.25, 0.3) is 0 Å². The van der Waals surface area contributed by atoms with Crippen LogP contribution in [0.15, 0.2) is 24.3 Å². The molecule has 4 heteroatoms. The zero-order valence-corrected chi connectivity index (χ0v) is 14.1. The Balaban J connectivity index is 1.88. The molecule has 1 fully saturated rings. The minimum atomic E-state index is -0.236. The maximum absolute atomic E-state index is 12.2. The summed E-state index contributed by atoms with van der Waals surface area (Å²) in [4.78, 5) is 13.6. The highest BCUT2D eigenvalue weighted by Crippen LogP contribution is 2.22. The second kappa shape index (κ2) is 7.25. The van der Waals surface area contributed by atoms with E-state index in [4.69, 9.17) is 9.47 Å². The molecule has 0 bridgehead atoms. The Bertz CT molecular complexity index is 484. The molecule has 1 aliphatic heterocycles. The van der Waals surface area contributed by atoms with Crippen LogP contribution in [0, 0.1) is 0 Å². The second-order valence-electron chi connectivity index (χ2n) is 7.11. The standard InChI is InChI=1S/C18H27NO3/c1-14(13-19-9-11-21-12-10-19)22-17(20)15-5-7-16(8-6-15)18(2,3)4/h5-8,14H,9-13H2,1-4H3/p+1/t14-/m1/s1. The number of carbonyl (C=O) groups excluding carboxylic acids is 1. The van der Waals surface area contributed by atoms with E-state index in [0.29, 0.717) is 5.56 Å². The quantitative estimate of drug-likeness (QED) is 0.856. The van der Waals surface area contributed by atoms with Gasteiger partial charge in [-0.3, -0.25) is 0 Å². The number of nitrogens with one attached hydrogen (secondary N) is 1. The topological polar surface area (TPSA) is 40.0 Å². The van der Waals surface area contributed by atoms with Crippen molar-refractivity contribution < 1.29 is 19.2 Å². The molecule has 0 aliphatic carbocycles. The van der Waals surface area contributed by atoms with Crippen LogP contribution >= 0.6 is 0 Å². The molecule has 2 rings (SSSR count). The molecule has 1 aromatic rings. The zero-order valence-electron chi connectivity index (χ0n) is 14.1. The average molecular weight is 306 g/mol. The van der Waals surface area contributed by atoms with E-state index in [1.165, 1.54) is 10.5 Å². The van der Waals surface area contributed by atoms with Crippen LogP contribution in [-0.2, 0) is 14.9 Å². The fourth-order valence-electron chi connectivity index (χ4n) is 2.67. The van der Waals surface area contributed by atoms with Gasteiger partial charge in [-0.05, 0) is 30.0 Å². The molecule has 22 heavy (non-hydrogen) atoms. The molecule has 1 atom stereocenters. The fraction of sp³-hybridized carbons (Fsp3) is 0.611. The third kappa shape index (κ3) is 4.82. The van der Waals surface area contributed by atoms with E-state index in [0.717, 1.165) is 32.8 Å². The van der Waals surface area contributed by atoms with Gasteiger partial charge >= 0.3 is 5.97 Å². The lowest BCUT2D eigenvalue weighted by Gasteiger charge is -2.26. The summed E-state index contributed by atoms with van der Waals surface area (Å²) in [7, 11) is 0. The maximum atomic E-state index is 12.2. The van der Waals surface area contributed by atoms with Gasteiger partial charge in [0, 0.05) is 0 Å². The van der Waals surface area contributed by atoms with E-state index < -0.39 is 0 Å². The highest BCUT2D eigenvalue weighted by molar-refractivity contribution is 5.89. The van der Waals surface area contributed by atoms with E-state index in [1.807, 2.05) is 31.2 Å². The number of morpholine rings is 1. The lowest BCUT2D eigenvalue weighted by atomic mass is 9.87. The van der Waals surface area contributed by atoms with Crippen LogP contribution in [0.4, 0.5) is 0 Å². The van der Waals surface area contributed by atoms with E-state index in [9.17, 15) is 4.79 Å². The predicted octanol–water partition coefficient (Wildman–Crippen LogP) is 1.44. The lowest BCUT2D eigenvalue weighted by molar-refractivity contribution is -0.910. The minimum absolute atomic E-state index is 0.0807. The number of rotatable bonds is 4. The van der Waals surface area contributed by atoms with Gasteiger partial charge in [-0.2, -0.15) is 0 Å². The molecule has 1 aromatic carbocycles. The number of benzene rings is 1. The Hall–Kier alpha value is -1.39. The van der Waals surface area contributed by atoms with Crippen molar-refractivity contribution in [3.8, 4) is 0 Å². The van der Waals surface area contributed by atoms with Gasteiger partial charge < -0.3 is 14.4 Å². The van der Waals surface area contributed by atoms with Crippen LogP contribution < -0.4 is 4.90 Å². The third-order valence-electron chi connectivity index (χ3n) is 4.07. The van der Waals surface area contributed by atoms with Gasteiger partial charge in [0.25, 0.3) is 0 Å². The number of esters is 1. The number of hydrogen-bond donors (Lipinski definition) is 1. The van der Waals surface area contributed by atoms with E-state index in [2.05, 4.69) is 20.8 Å². The van der Waals surface area contributed by atoms with Gasteiger partial charge in [0.1, 0.15) is 25.7 Å². The number of hydrogen-bond acceptors (Lipinski definition) is 3. The van der Waals surface area contributed by atoms with Crippen molar-refractivity contribution in [2.75, 3.05) is 32.8 Å². The Morgan fingerprint density at radius 3 is 2.36 bits per heavy atom. The van der Waals surface area contributed by atoms with Crippen LogP contribution in [0.1, 0.15) is 43.6 Å². The van der Waals surface area contributed by atoms with Gasteiger partial charge in [-0.15, -0.1) is 0 Å². The molecule has 122 valence electrons. The first kappa shape index (κ1) is 17.0. The SMILES string of the molecule is C[C@H](C[NH+]1CCOCC1)OC(=O)c1ccc(C(C)(C)C)cc1. The monoisotopic (exact) mass is 306 g/mol. The molecule has 4 nitrogen and oxygen atoms in total. The van der Waals surface area contributed by atoms with Crippen LogP contribution in [0.5, 0.6) is 0 Å². The predicted molar refractivity (Wildman–Crippen MR) is 86.4 cm³/mol. The summed E-state index contributed by atoms with van der Waals surface area (Å²) < 4.78 is 10.9. The molecule has 1 N–H and O–H groups in total. The van der Waals surface area contributed by atoms with Crippen LogP contribution in [0.3, 0.4) is 0 Å². The average Bonchev–Trinajstić information content (AvgIpc) is 2.47. The molecule has 1 aliphatic rings. The van der Waals surface area contributed by atoms with E-state index >= 15 is 0 Å². The Morgan fingerprint density at radius 1 is 1.23 bits per heavy atom. The van der Waals surface area contributed by atoms with Gasteiger partial charge in [-0.25, -0.2) is 4.79 Å². The second-order valence-corrected chi connectivity index (χ2v) is 7.11. The Morgan fingerprint density at radius 2 is 1.82 bits per heavy atom. The molecule has 0 amide bonds. The summed E-state index contributed by atoms with van der Waals surface area (Å²) in [5.74, 6) is -0.236. The van der Waals surface area contributed by atoms with Crippen molar-refractivity contribution in [3.05, 3.63) is 35.4 Å². The van der Waals surface area contributed by atoms with Crippen molar-refractivity contribution in [2.24, 2.45) is 0 Å². The smallest absolute Gasteiger partial charge is 0.338 e. The van der Waals surface area contributed by atoms with Crippen molar-refractivity contribution >= 4 is 5.97 Å². The van der Waals surface area contributed by atoms with Crippen molar-refractivity contribution in [1.82, 2.24) is 0 Å². The zero-order chi connectivity index (χ0) is 16.2. The molecule has 0 radical (unpaired) electrons. The highest BCUT2D eigenvalue weighted by Gasteiger charge is 2.20. The maximum Gasteiger partial charge on any atom is 0.338 e. The molecule has 1 saturated heterocycles. The first-order valence-corrected chi connectivity index (χ1v) is 8.09. The summed E-state index contributed by atoms with van der Waals surface area (Å²) in [5, 5.41) is 0. The molecular weight excluding hydrogens is 278 g/mol. The summed E-state index contributed by atoms with van der Waals surface area (Å²) in [5.41, 5.74) is 1.93. The normalized spacial score (nSPS) is 18.0. The first-order valence-electron chi connectivity index (χ1n) is 8.09. The minimum Gasteiger partial charge on any atom is -0.453 e. The molecular formula is C18H28NO3+. The van der Waals surface area contributed by atoms with Crippen molar-refractivity contribution in [3.63, 3.8) is 0 Å². The summed E-state index contributed by atoms with van der Waals surface area (Å²) in [6.45, 7) is 12.9. The third-order valence-corrected chi connectivity index (χ3v) is 4.07. The van der Waals surface area contributed by atoms with Gasteiger partial charge in [0.15, 0.2) is 0 Å². The van der Waals surface area contributed by atoms with Gasteiger partial charge in [0.05, 0.1) is 18.8 Å². The van der Waals surface area contributed by atoms with E-state index in [1.54, 1.807) is 0 Å². The van der Waals surface area contributed by atoms with Crippen molar-refractivity contribution in [1.29, 1.82) is 0 Å². The molecule has 0 saturated carbocycles. The number of carbonyl (C=O) groups is 1. The Labute approximate surface area is 133 Å². The summed E-state index contributed by atoms with van der Waals surface area (Å²) in [6, 6.07) is 7.73. The van der Waals surface area contributed by atoms with Crippen LogP contribution in [-0.4, -0.2) is 44.9 Å². The van der Waals surface area contributed by atoms with Crippen molar-refractivity contribution in [2.45, 2.75) is 39.2 Å². The number of ether oxygens (including phenoxy) is 2. The lowest BCUT2D eigenvalue weighted by Crippen LogP contribution is -3.15. The highest BCUT2D eigenvalue weighted by atomic mass is 16.5. The van der Waals surface area contributed by atoms with E-state index in [-0.39, 0.29) is 17.5 Å². The van der Waals surface area contributed by atoms with Gasteiger partial charge in [-0.1, -0.05) is 32.9 Å². The Kier molecular flexibility index (Phi) is 5.59. The molecule has 0 unspecified atom stereocenters. The molecule has 0 spiro atoms. The summed E-state index contributed by atoms with van der Waals surface area (Å²) in [6.07, 6.45) is -0.0807. The largest absolute Gasteiger partial charge is 0.453 e. The molecule has 1 heterocycles. The first-order chi connectivity index (χ1) is 10.4. The fourth-order valence-corrected chi connectivity index (χ4v) is 2.67. The van der Waals surface area contributed by atoms with Gasteiger partial charge in [0.2, 0.25) is 0 Å². The molecule has 0 aromatic heterocycles. The number of quaternary nitrogens is 1.